The normalized spacial score (nSPS) is 10.6. The van der Waals surface area contributed by atoms with E-state index in [4.69, 9.17) is 0 Å². The molecule has 3 aromatic rings. The smallest absolute Gasteiger partial charge is 0.277 e. The van der Waals surface area contributed by atoms with Crippen LogP contribution in [0.2, 0.25) is 0 Å². The van der Waals surface area contributed by atoms with Crippen molar-refractivity contribution in [1.29, 1.82) is 0 Å². The molecule has 0 atom stereocenters. The highest BCUT2D eigenvalue weighted by Crippen LogP contribution is 2.29. The van der Waals surface area contributed by atoms with Gasteiger partial charge in [0.15, 0.2) is 10.8 Å². The summed E-state index contributed by atoms with van der Waals surface area (Å²) in [7, 11) is 1.72. The molecular weight excluding hydrogens is 354 g/mol. The fourth-order valence-corrected chi connectivity index (χ4v) is 3.04. The first-order valence-electron chi connectivity index (χ1n) is 7.72. The van der Waals surface area contributed by atoms with Crippen LogP contribution in [0, 0.1) is 13.8 Å². The fraction of sp³-hybridized carbons (Fsp3) is 0.176. The summed E-state index contributed by atoms with van der Waals surface area (Å²) in [4.78, 5) is 28.9. The van der Waals surface area contributed by atoms with Gasteiger partial charge in [-0.25, -0.2) is 4.98 Å². The maximum atomic E-state index is 12.5. The largest absolute Gasteiger partial charge is 0.508 e. The second-order valence-electron chi connectivity index (χ2n) is 5.71. The van der Waals surface area contributed by atoms with E-state index in [1.165, 1.54) is 10.9 Å². The van der Waals surface area contributed by atoms with Gasteiger partial charge >= 0.3 is 0 Å². The maximum absolute atomic E-state index is 12.5. The molecule has 26 heavy (non-hydrogen) atoms. The summed E-state index contributed by atoms with van der Waals surface area (Å²) in [5.41, 5.74) is 2.25. The number of benzene rings is 1. The summed E-state index contributed by atoms with van der Waals surface area (Å²) in [6.07, 6.45) is 3.05. The molecule has 0 fully saturated rings. The summed E-state index contributed by atoms with van der Waals surface area (Å²) < 4.78 is 1.52. The lowest BCUT2D eigenvalue weighted by atomic mass is 10.1. The van der Waals surface area contributed by atoms with Crippen LogP contribution in [0.3, 0.4) is 0 Å². The number of thiazole rings is 1. The Bertz CT molecular complexity index is 992. The van der Waals surface area contributed by atoms with Crippen molar-refractivity contribution in [2.45, 2.75) is 13.8 Å². The average Bonchev–Trinajstić information content (AvgIpc) is 3.24. The number of aryl methyl sites for hydroxylation is 2. The number of hydrogen-bond acceptors (Lipinski definition) is 6. The molecule has 0 aliphatic heterocycles. The van der Waals surface area contributed by atoms with Gasteiger partial charge in [-0.3, -0.25) is 19.6 Å². The number of aromatic hydroxyl groups is 1. The van der Waals surface area contributed by atoms with Gasteiger partial charge in [0, 0.05) is 18.8 Å². The molecule has 9 heteroatoms. The van der Waals surface area contributed by atoms with E-state index < -0.39 is 5.91 Å². The highest BCUT2D eigenvalue weighted by Gasteiger charge is 2.16. The molecule has 2 aromatic heterocycles. The standard InChI is InChI=1S/C17H17N5O3S/c1-9-4-5-12(23)10(2)14(9)19-16(25)13-8-18-17(26-13)20-15(24)11-6-7-22(3)21-11/h4-8,23H,1-3H3,(H,19,25)(H,18,20,24). The molecule has 0 spiro atoms. The number of phenolic OH excluding ortho intramolecular Hbond substituents is 1. The molecule has 0 bridgehead atoms. The number of carbonyl (C=O) groups is 2. The van der Waals surface area contributed by atoms with Crippen LogP contribution in [0.25, 0.3) is 0 Å². The van der Waals surface area contributed by atoms with Gasteiger partial charge in [0.05, 0.1) is 11.9 Å². The zero-order valence-electron chi connectivity index (χ0n) is 14.4. The fourth-order valence-electron chi connectivity index (χ4n) is 2.34. The zero-order chi connectivity index (χ0) is 18.8. The molecule has 0 unspecified atom stereocenters. The van der Waals surface area contributed by atoms with Crippen molar-refractivity contribution in [3.05, 3.63) is 52.3 Å². The predicted octanol–water partition coefficient (Wildman–Crippen LogP) is 2.70. The molecule has 8 nitrogen and oxygen atoms in total. The Morgan fingerprint density at radius 1 is 1.15 bits per heavy atom. The number of phenols is 1. The van der Waals surface area contributed by atoms with Gasteiger partial charge in [0.1, 0.15) is 10.6 Å². The molecule has 134 valence electrons. The summed E-state index contributed by atoms with van der Waals surface area (Å²) in [5.74, 6) is -0.650. The SMILES string of the molecule is Cc1ccc(O)c(C)c1NC(=O)c1cnc(NC(=O)c2ccn(C)n2)s1. The van der Waals surface area contributed by atoms with Crippen molar-refractivity contribution in [1.82, 2.24) is 14.8 Å². The first kappa shape index (κ1) is 17.6. The van der Waals surface area contributed by atoms with E-state index in [9.17, 15) is 14.7 Å². The number of amides is 2. The lowest BCUT2D eigenvalue weighted by Crippen LogP contribution is -2.13. The third-order valence-electron chi connectivity index (χ3n) is 3.78. The first-order valence-corrected chi connectivity index (χ1v) is 8.54. The van der Waals surface area contributed by atoms with Gasteiger partial charge in [0.2, 0.25) is 0 Å². The Labute approximate surface area is 153 Å². The van der Waals surface area contributed by atoms with E-state index in [1.54, 1.807) is 38.4 Å². The molecular formula is C17H17N5O3S. The Hall–Kier alpha value is -3.20. The number of nitrogens with one attached hydrogen (secondary N) is 2. The van der Waals surface area contributed by atoms with Crippen molar-refractivity contribution in [2.24, 2.45) is 7.05 Å². The van der Waals surface area contributed by atoms with Crippen LogP contribution >= 0.6 is 11.3 Å². The molecule has 1 aromatic carbocycles. The molecule has 3 N–H and O–H groups in total. The maximum Gasteiger partial charge on any atom is 0.277 e. The van der Waals surface area contributed by atoms with Crippen molar-refractivity contribution in [3.8, 4) is 5.75 Å². The molecule has 2 amide bonds. The summed E-state index contributed by atoms with van der Waals surface area (Å²) >= 11 is 1.05. The third-order valence-corrected chi connectivity index (χ3v) is 4.69. The minimum Gasteiger partial charge on any atom is -0.508 e. The van der Waals surface area contributed by atoms with Gasteiger partial charge in [-0.15, -0.1) is 0 Å². The van der Waals surface area contributed by atoms with Crippen molar-refractivity contribution in [3.63, 3.8) is 0 Å². The van der Waals surface area contributed by atoms with Crippen molar-refractivity contribution in [2.75, 3.05) is 10.6 Å². The molecule has 0 radical (unpaired) electrons. The van der Waals surface area contributed by atoms with Crippen LogP contribution in [0.4, 0.5) is 10.8 Å². The highest BCUT2D eigenvalue weighted by atomic mass is 32.1. The third kappa shape index (κ3) is 3.57. The van der Waals surface area contributed by atoms with Crippen LogP contribution in [-0.4, -0.2) is 31.7 Å². The number of hydrogen-bond donors (Lipinski definition) is 3. The van der Waals surface area contributed by atoms with Gasteiger partial charge < -0.3 is 10.4 Å². The summed E-state index contributed by atoms with van der Waals surface area (Å²) in [6.45, 7) is 3.57. The molecule has 0 saturated heterocycles. The first-order chi connectivity index (χ1) is 12.3. The lowest BCUT2D eigenvalue weighted by molar-refractivity contribution is 0.101. The average molecular weight is 371 g/mol. The Kier molecular flexibility index (Phi) is 4.72. The second kappa shape index (κ2) is 6.96. The van der Waals surface area contributed by atoms with Crippen molar-refractivity contribution < 1.29 is 14.7 Å². The van der Waals surface area contributed by atoms with E-state index in [-0.39, 0.29) is 17.4 Å². The zero-order valence-corrected chi connectivity index (χ0v) is 15.2. The molecule has 3 rings (SSSR count). The van der Waals surface area contributed by atoms with Crippen molar-refractivity contribution >= 4 is 34.0 Å². The van der Waals surface area contributed by atoms with Gasteiger partial charge in [-0.1, -0.05) is 17.4 Å². The highest BCUT2D eigenvalue weighted by molar-refractivity contribution is 7.17. The minimum atomic E-state index is -0.397. The van der Waals surface area contributed by atoms with Crippen LogP contribution in [-0.2, 0) is 7.05 Å². The Balaban J connectivity index is 1.72. The van der Waals surface area contributed by atoms with Crippen LogP contribution in [0.15, 0.2) is 30.6 Å². The topological polar surface area (TPSA) is 109 Å². The van der Waals surface area contributed by atoms with Gasteiger partial charge in [0.25, 0.3) is 11.8 Å². The minimum absolute atomic E-state index is 0.110. The number of anilines is 2. The van der Waals surface area contributed by atoms with E-state index >= 15 is 0 Å². The predicted molar refractivity (Wildman–Crippen MR) is 98.8 cm³/mol. The number of carbonyl (C=O) groups excluding carboxylic acids is 2. The summed E-state index contributed by atoms with van der Waals surface area (Å²) in [6, 6.07) is 4.89. The molecule has 0 aliphatic carbocycles. The van der Waals surface area contributed by atoms with Gasteiger partial charge in [-0.05, 0) is 31.5 Å². The molecule has 0 saturated carbocycles. The molecule has 2 heterocycles. The van der Waals surface area contributed by atoms with E-state index in [2.05, 4.69) is 20.7 Å². The van der Waals surface area contributed by atoms with E-state index in [1.807, 2.05) is 6.92 Å². The van der Waals surface area contributed by atoms with Gasteiger partial charge in [-0.2, -0.15) is 5.10 Å². The quantitative estimate of drug-likeness (QED) is 0.653. The molecule has 0 aliphatic rings. The van der Waals surface area contributed by atoms with Crippen LogP contribution < -0.4 is 10.6 Å². The second-order valence-corrected chi connectivity index (χ2v) is 6.74. The Morgan fingerprint density at radius 3 is 2.62 bits per heavy atom. The van der Waals surface area contributed by atoms with E-state index in [0.29, 0.717) is 21.3 Å². The lowest BCUT2D eigenvalue weighted by Gasteiger charge is -2.11. The van der Waals surface area contributed by atoms with Crippen LogP contribution in [0.1, 0.15) is 31.3 Å². The van der Waals surface area contributed by atoms with E-state index in [0.717, 1.165) is 16.9 Å². The Morgan fingerprint density at radius 2 is 1.92 bits per heavy atom. The monoisotopic (exact) mass is 371 g/mol. The number of aromatic nitrogens is 3. The number of rotatable bonds is 4. The summed E-state index contributed by atoms with van der Waals surface area (Å²) in [5, 5.41) is 19.5. The van der Waals surface area contributed by atoms with Crippen LogP contribution in [0.5, 0.6) is 5.75 Å². The number of nitrogens with zero attached hydrogens (tertiary/aromatic N) is 3.